The molecule has 1 unspecified atom stereocenters. The highest BCUT2D eigenvalue weighted by Gasteiger charge is 2.27. The summed E-state index contributed by atoms with van der Waals surface area (Å²) in [5, 5.41) is 9.44. The van der Waals surface area contributed by atoms with Crippen LogP contribution >= 0.6 is 11.8 Å². The quantitative estimate of drug-likeness (QED) is 0.502. The fraction of sp³-hybridized carbons (Fsp3) is 0.550. The maximum Gasteiger partial charge on any atom is 0.319 e. The summed E-state index contributed by atoms with van der Waals surface area (Å²) in [6.45, 7) is 4.11. The molecule has 1 atom stereocenters. The van der Waals surface area contributed by atoms with Gasteiger partial charge in [-0.25, -0.2) is 0 Å². The molecule has 1 aromatic carbocycles. The number of ether oxygens (including phenoxy) is 1. The molecule has 3 rings (SSSR count). The Balaban J connectivity index is 1.94. The lowest BCUT2D eigenvalue weighted by Gasteiger charge is -2.28. The fourth-order valence-electron chi connectivity index (χ4n) is 3.31. The molecule has 1 aromatic heterocycles. The van der Waals surface area contributed by atoms with Crippen LogP contribution in [0.2, 0.25) is 0 Å². The molecule has 0 bridgehead atoms. The van der Waals surface area contributed by atoms with Crippen LogP contribution in [0.15, 0.2) is 35.5 Å². The lowest BCUT2D eigenvalue weighted by molar-refractivity contribution is -0.140. The second-order valence-corrected chi connectivity index (χ2v) is 7.94. The summed E-state index contributed by atoms with van der Waals surface area (Å²) in [7, 11) is 1.45. The molecule has 1 aliphatic heterocycles. The van der Waals surface area contributed by atoms with Crippen LogP contribution in [-0.4, -0.2) is 46.2 Å². The summed E-state index contributed by atoms with van der Waals surface area (Å²) < 4.78 is 7.10. The zero-order chi connectivity index (χ0) is 19.1. The van der Waals surface area contributed by atoms with Gasteiger partial charge in [0.05, 0.1) is 12.8 Å². The molecule has 2 heterocycles. The summed E-state index contributed by atoms with van der Waals surface area (Å²) in [4.78, 5) is 14.6. The van der Waals surface area contributed by atoms with Crippen molar-refractivity contribution in [1.29, 1.82) is 0 Å². The van der Waals surface area contributed by atoms with E-state index in [-0.39, 0.29) is 11.2 Å². The number of nitrogens with zero attached hydrogens (tertiary/aromatic N) is 4. The van der Waals surface area contributed by atoms with Crippen LogP contribution in [0.25, 0.3) is 5.69 Å². The molecule has 0 N–H and O–H groups in total. The minimum atomic E-state index is -0.268. The average molecular weight is 389 g/mol. The third-order valence-electron chi connectivity index (χ3n) is 4.80. The lowest BCUT2D eigenvalue weighted by Crippen LogP contribution is -2.31. The molecule has 0 amide bonds. The van der Waals surface area contributed by atoms with Crippen LogP contribution in [0.3, 0.4) is 0 Å². The first-order chi connectivity index (χ1) is 13.2. The van der Waals surface area contributed by atoms with Crippen LogP contribution in [0.5, 0.6) is 0 Å². The first-order valence-electron chi connectivity index (χ1n) is 9.75. The van der Waals surface area contributed by atoms with E-state index in [1.54, 1.807) is 0 Å². The van der Waals surface area contributed by atoms with E-state index >= 15 is 0 Å². The number of esters is 1. The smallest absolute Gasteiger partial charge is 0.319 e. The Kier molecular flexibility index (Phi) is 7.15. The van der Waals surface area contributed by atoms with Gasteiger partial charge in [0.25, 0.3) is 0 Å². The molecule has 1 aliphatic rings. The number of hydrogen-bond acceptors (Lipinski definition) is 6. The normalized spacial score (nSPS) is 15.6. The number of methoxy groups -OCH3 is 1. The van der Waals surface area contributed by atoms with Gasteiger partial charge in [-0.2, -0.15) is 0 Å². The Hall–Kier alpha value is -2.02. The van der Waals surface area contributed by atoms with Gasteiger partial charge in [0.2, 0.25) is 5.95 Å². The van der Waals surface area contributed by atoms with Gasteiger partial charge in [0.15, 0.2) is 5.16 Å². The molecule has 6 nitrogen and oxygen atoms in total. The number of benzene rings is 1. The minimum Gasteiger partial charge on any atom is -0.468 e. The molecule has 27 heavy (non-hydrogen) atoms. The first-order valence-corrected chi connectivity index (χ1v) is 10.6. The van der Waals surface area contributed by atoms with Gasteiger partial charge in [-0.15, -0.1) is 10.2 Å². The molecular formula is C20H28N4O2S. The molecule has 1 fully saturated rings. The Morgan fingerprint density at radius 3 is 2.59 bits per heavy atom. The predicted molar refractivity (Wildman–Crippen MR) is 109 cm³/mol. The van der Waals surface area contributed by atoms with Crippen LogP contribution in [0.1, 0.15) is 45.4 Å². The molecule has 2 aromatic rings. The zero-order valence-electron chi connectivity index (χ0n) is 16.1. The lowest BCUT2D eigenvalue weighted by atomic mass is 10.1. The number of carbonyl (C=O) groups is 1. The molecule has 7 heteroatoms. The van der Waals surface area contributed by atoms with E-state index in [4.69, 9.17) is 4.74 Å². The van der Waals surface area contributed by atoms with Crippen molar-refractivity contribution in [3.8, 4) is 5.69 Å². The van der Waals surface area contributed by atoms with Crippen molar-refractivity contribution in [3.05, 3.63) is 30.3 Å². The molecule has 1 saturated heterocycles. The summed E-state index contributed by atoms with van der Waals surface area (Å²) in [6, 6.07) is 10.1. The predicted octanol–water partition coefficient (Wildman–Crippen LogP) is 4.08. The molecule has 0 radical (unpaired) electrons. The number of aromatic nitrogens is 3. The number of unbranched alkanes of at least 4 members (excludes halogenated alkanes) is 1. The molecule has 0 aliphatic carbocycles. The number of rotatable bonds is 8. The number of piperidine rings is 1. The summed E-state index contributed by atoms with van der Waals surface area (Å²) in [5.41, 5.74) is 1.02. The number of thioether (sulfide) groups is 1. The highest BCUT2D eigenvalue weighted by molar-refractivity contribution is 8.00. The van der Waals surface area contributed by atoms with Crippen molar-refractivity contribution in [3.63, 3.8) is 0 Å². The van der Waals surface area contributed by atoms with Crippen molar-refractivity contribution in [1.82, 2.24) is 14.8 Å². The molecule has 146 valence electrons. The Morgan fingerprint density at radius 2 is 1.93 bits per heavy atom. The van der Waals surface area contributed by atoms with Crippen LogP contribution in [-0.2, 0) is 9.53 Å². The van der Waals surface area contributed by atoms with Gasteiger partial charge in [0, 0.05) is 13.1 Å². The van der Waals surface area contributed by atoms with Crippen LogP contribution in [0.4, 0.5) is 5.95 Å². The average Bonchev–Trinajstić information content (AvgIpc) is 3.15. The van der Waals surface area contributed by atoms with Crippen molar-refractivity contribution in [2.24, 2.45) is 0 Å². The van der Waals surface area contributed by atoms with Crippen molar-refractivity contribution < 1.29 is 9.53 Å². The highest BCUT2D eigenvalue weighted by Crippen LogP contribution is 2.32. The number of anilines is 1. The number of hydrogen-bond donors (Lipinski definition) is 0. The topological polar surface area (TPSA) is 60.2 Å². The number of carbonyl (C=O) groups excluding carboxylic acids is 1. The minimum absolute atomic E-state index is 0.199. The molecule has 0 spiro atoms. The maximum atomic E-state index is 12.3. The Labute approximate surface area is 165 Å². The van der Waals surface area contributed by atoms with E-state index in [1.807, 2.05) is 18.2 Å². The first kappa shape index (κ1) is 19.7. The second kappa shape index (κ2) is 9.78. The molecule has 0 saturated carbocycles. The highest BCUT2D eigenvalue weighted by atomic mass is 32.2. The molecular weight excluding hydrogens is 360 g/mol. The Bertz CT molecular complexity index is 729. The van der Waals surface area contributed by atoms with E-state index in [1.165, 1.54) is 38.1 Å². The van der Waals surface area contributed by atoms with Crippen molar-refractivity contribution in [2.75, 3.05) is 25.1 Å². The van der Waals surface area contributed by atoms with E-state index < -0.39 is 0 Å². The summed E-state index contributed by atoms with van der Waals surface area (Å²) in [5.74, 6) is 0.665. The van der Waals surface area contributed by atoms with Gasteiger partial charge in [-0.1, -0.05) is 49.7 Å². The van der Waals surface area contributed by atoms with Gasteiger partial charge >= 0.3 is 5.97 Å². The van der Waals surface area contributed by atoms with Crippen LogP contribution in [0, 0.1) is 0 Å². The van der Waals surface area contributed by atoms with Crippen molar-refractivity contribution >= 4 is 23.7 Å². The SMILES string of the molecule is CCCCC(Sc1nnc(N2CCCCC2)n1-c1ccccc1)C(=O)OC. The number of para-hydroxylation sites is 1. The largest absolute Gasteiger partial charge is 0.468 e. The maximum absolute atomic E-state index is 12.3. The van der Waals surface area contributed by atoms with E-state index in [2.05, 4.69) is 38.7 Å². The van der Waals surface area contributed by atoms with E-state index in [9.17, 15) is 4.79 Å². The van der Waals surface area contributed by atoms with Gasteiger partial charge < -0.3 is 9.64 Å². The van der Waals surface area contributed by atoms with E-state index in [0.717, 1.165) is 49.1 Å². The zero-order valence-corrected chi connectivity index (χ0v) is 17.0. The summed E-state index contributed by atoms with van der Waals surface area (Å²) >= 11 is 1.46. The van der Waals surface area contributed by atoms with Crippen LogP contribution < -0.4 is 4.90 Å². The van der Waals surface area contributed by atoms with E-state index in [0.29, 0.717) is 0 Å². The monoisotopic (exact) mass is 388 g/mol. The standard InChI is InChI=1S/C20H28N4O2S/c1-3-4-13-17(18(25)26-2)27-20-22-21-19(23-14-9-6-10-15-23)24(20)16-11-7-5-8-12-16/h5,7-8,11-12,17H,3-4,6,9-10,13-15H2,1-2H3. The third-order valence-corrected chi connectivity index (χ3v) is 5.99. The van der Waals surface area contributed by atoms with Gasteiger partial charge in [-0.05, 0) is 37.8 Å². The van der Waals surface area contributed by atoms with Gasteiger partial charge in [-0.3, -0.25) is 9.36 Å². The van der Waals surface area contributed by atoms with Gasteiger partial charge in [0.1, 0.15) is 5.25 Å². The summed E-state index contributed by atoms with van der Waals surface area (Å²) in [6.07, 6.45) is 6.40. The fourth-order valence-corrected chi connectivity index (χ4v) is 4.43. The Morgan fingerprint density at radius 1 is 1.19 bits per heavy atom. The second-order valence-electron chi connectivity index (χ2n) is 6.77. The van der Waals surface area contributed by atoms with Crippen molar-refractivity contribution in [2.45, 2.75) is 55.9 Å². The third kappa shape index (κ3) is 4.83.